The first kappa shape index (κ1) is 18.8. The fourth-order valence-electron chi connectivity index (χ4n) is 2.88. The first-order valence-corrected chi connectivity index (χ1v) is 8.79. The van der Waals surface area contributed by atoms with Crippen molar-refractivity contribution < 1.29 is 18.7 Å². The Labute approximate surface area is 163 Å². The van der Waals surface area contributed by atoms with Crippen LogP contribution in [0.4, 0.5) is 8.78 Å². The van der Waals surface area contributed by atoms with Crippen LogP contribution in [-0.4, -0.2) is 48.8 Å². The number of aliphatic hydroxyl groups is 1. The monoisotopic (exact) mass is 398 g/mol. The minimum absolute atomic E-state index is 0.0623. The minimum Gasteiger partial charge on any atom is -0.393 e. The molecule has 8 nitrogen and oxygen atoms in total. The zero-order valence-electron chi connectivity index (χ0n) is 15.4. The molecule has 0 saturated heterocycles. The lowest BCUT2D eigenvalue weighted by molar-refractivity contribution is 0.0986. The average Bonchev–Trinajstić information content (AvgIpc) is 3.13. The molecular formula is C19H16F2N6O2. The lowest BCUT2D eigenvalue weighted by atomic mass is 10.1. The Hall–Kier alpha value is -3.53. The largest absolute Gasteiger partial charge is 0.393 e. The van der Waals surface area contributed by atoms with Gasteiger partial charge in [-0.25, -0.2) is 8.78 Å². The van der Waals surface area contributed by atoms with Crippen molar-refractivity contribution in [1.29, 1.82) is 0 Å². The molecule has 3 heterocycles. The Morgan fingerprint density at radius 1 is 1.24 bits per heavy atom. The number of rotatable bonds is 6. The molecule has 0 aliphatic rings. The van der Waals surface area contributed by atoms with Gasteiger partial charge in [-0.1, -0.05) is 5.16 Å². The van der Waals surface area contributed by atoms with Crippen molar-refractivity contribution in [2.24, 2.45) is 5.16 Å². The number of aliphatic hydroxyl groups excluding tert-OH is 1. The van der Waals surface area contributed by atoms with Gasteiger partial charge in [0.05, 0.1) is 12.1 Å². The summed E-state index contributed by atoms with van der Waals surface area (Å²) in [6.07, 6.45) is 1.34. The standard InChI is InChI=1S/C19H16F2N6O2/c1-11(26-29-8-7-28)15-4-5-17-23-24-18(27(17)25-15)9-13-14(20)10-16-12(19(13)21)3-2-6-22-16/h2-6,10,28H,7-9H2,1H3/b26-11-. The second-order valence-corrected chi connectivity index (χ2v) is 6.24. The van der Waals surface area contributed by atoms with E-state index < -0.39 is 11.6 Å². The summed E-state index contributed by atoms with van der Waals surface area (Å²) in [6, 6.07) is 7.68. The van der Waals surface area contributed by atoms with Gasteiger partial charge < -0.3 is 9.94 Å². The van der Waals surface area contributed by atoms with E-state index in [1.165, 1.54) is 16.8 Å². The first-order chi connectivity index (χ1) is 14.1. The van der Waals surface area contributed by atoms with Crippen LogP contribution in [0.3, 0.4) is 0 Å². The summed E-state index contributed by atoms with van der Waals surface area (Å²) in [6.45, 7) is 1.59. The van der Waals surface area contributed by atoms with E-state index in [1.807, 2.05) is 0 Å². The minimum atomic E-state index is -0.711. The molecule has 0 spiro atoms. The number of hydrogen-bond acceptors (Lipinski definition) is 7. The molecule has 1 N–H and O–H groups in total. The van der Waals surface area contributed by atoms with Gasteiger partial charge in [0.25, 0.3) is 0 Å². The van der Waals surface area contributed by atoms with Crippen LogP contribution in [-0.2, 0) is 11.3 Å². The normalized spacial score (nSPS) is 12.1. The molecule has 0 aliphatic carbocycles. The van der Waals surface area contributed by atoms with Gasteiger partial charge >= 0.3 is 0 Å². The van der Waals surface area contributed by atoms with Crippen LogP contribution < -0.4 is 0 Å². The van der Waals surface area contributed by atoms with Gasteiger partial charge in [0.1, 0.15) is 29.6 Å². The molecular weight excluding hydrogens is 382 g/mol. The first-order valence-electron chi connectivity index (χ1n) is 8.79. The van der Waals surface area contributed by atoms with E-state index in [4.69, 9.17) is 9.94 Å². The number of oxime groups is 1. The Morgan fingerprint density at radius 3 is 2.93 bits per heavy atom. The summed E-state index contributed by atoms with van der Waals surface area (Å²) < 4.78 is 30.8. The van der Waals surface area contributed by atoms with E-state index in [0.717, 1.165) is 0 Å². The molecule has 0 bridgehead atoms. The zero-order chi connectivity index (χ0) is 20.4. The van der Waals surface area contributed by atoms with Gasteiger partial charge in [-0.3, -0.25) is 4.98 Å². The van der Waals surface area contributed by atoms with Crippen molar-refractivity contribution in [3.63, 3.8) is 0 Å². The predicted octanol–water partition coefficient (Wildman–Crippen LogP) is 2.27. The van der Waals surface area contributed by atoms with Gasteiger partial charge in [0.2, 0.25) is 0 Å². The molecule has 1 aromatic carbocycles. The molecule has 4 aromatic rings. The molecule has 3 aromatic heterocycles. The second kappa shape index (κ2) is 7.84. The van der Waals surface area contributed by atoms with Gasteiger partial charge in [0, 0.05) is 29.6 Å². The van der Waals surface area contributed by atoms with Crippen LogP contribution in [0.5, 0.6) is 0 Å². The number of aromatic nitrogens is 5. The Balaban J connectivity index is 1.73. The van der Waals surface area contributed by atoms with E-state index >= 15 is 0 Å². The van der Waals surface area contributed by atoms with Crippen LogP contribution in [0.25, 0.3) is 16.6 Å². The third-order valence-corrected chi connectivity index (χ3v) is 4.31. The molecule has 0 fully saturated rings. The van der Waals surface area contributed by atoms with Crippen molar-refractivity contribution in [2.75, 3.05) is 13.2 Å². The molecule has 0 amide bonds. The van der Waals surface area contributed by atoms with Gasteiger partial charge in [-0.05, 0) is 31.2 Å². The van der Waals surface area contributed by atoms with E-state index in [1.54, 1.807) is 31.2 Å². The summed E-state index contributed by atoms with van der Waals surface area (Å²) >= 11 is 0. The van der Waals surface area contributed by atoms with Crippen molar-refractivity contribution in [1.82, 2.24) is 24.8 Å². The highest BCUT2D eigenvalue weighted by Crippen LogP contribution is 2.24. The second-order valence-electron chi connectivity index (χ2n) is 6.24. The Kier molecular flexibility index (Phi) is 5.09. The molecule has 4 rings (SSSR count). The zero-order valence-corrected chi connectivity index (χ0v) is 15.4. The van der Waals surface area contributed by atoms with E-state index in [-0.39, 0.29) is 41.9 Å². The Bertz CT molecular complexity index is 1220. The summed E-state index contributed by atoms with van der Waals surface area (Å²) in [5, 5.41) is 25.3. The number of hydrogen-bond donors (Lipinski definition) is 1. The third-order valence-electron chi connectivity index (χ3n) is 4.31. The maximum absolute atomic E-state index is 14.9. The predicted molar refractivity (Wildman–Crippen MR) is 100 cm³/mol. The SMILES string of the molecule is C/C(=N/OCCO)c1ccc2nnc(Cc3c(F)cc4ncccc4c3F)n2n1. The van der Waals surface area contributed by atoms with Crippen molar-refractivity contribution in [2.45, 2.75) is 13.3 Å². The van der Waals surface area contributed by atoms with E-state index in [0.29, 0.717) is 17.1 Å². The maximum atomic E-state index is 14.9. The lowest BCUT2D eigenvalue weighted by Gasteiger charge is -2.07. The molecule has 10 heteroatoms. The summed E-state index contributed by atoms with van der Waals surface area (Å²) in [5.74, 6) is -1.13. The molecule has 0 aliphatic heterocycles. The highest BCUT2D eigenvalue weighted by Gasteiger charge is 2.18. The molecule has 29 heavy (non-hydrogen) atoms. The van der Waals surface area contributed by atoms with Crippen LogP contribution in [0.1, 0.15) is 24.0 Å². The van der Waals surface area contributed by atoms with Crippen LogP contribution in [0.2, 0.25) is 0 Å². The van der Waals surface area contributed by atoms with Gasteiger partial charge in [-0.2, -0.15) is 9.61 Å². The average molecular weight is 398 g/mol. The maximum Gasteiger partial charge on any atom is 0.177 e. The smallest absolute Gasteiger partial charge is 0.177 e. The Morgan fingerprint density at radius 2 is 2.10 bits per heavy atom. The molecule has 0 radical (unpaired) electrons. The lowest BCUT2D eigenvalue weighted by Crippen LogP contribution is -2.09. The number of nitrogens with zero attached hydrogens (tertiary/aromatic N) is 6. The quantitative estimate of drug-likeness (QED) is 0.304. The van der Waals surface area contributed by atoms with Gasteiger partial charge in [-0.15, -0.1) is 10.2 Å². The highest BCUT2D eigenvalue weighted by molar-refractivity contribution is 5.96. The molecule has 0 unspecified atom stereocenters. The number of benzene rings is 1. The summed E-state index contributed by atoms with van der Waals surface area (Å²) in [7, 11) is 0. The topological polar surface area (TPSA) is 97.8 Å². The third kappa shape index (κ3) is 3.61. The van der Waals surface area contributed by atoms with E-state index in [2.05, 4.69) is 25.4 Å². The highest BCUT2D eigenvalue weighted by atomic mass is 19.1. The fourth-order valence-corrected chi connectivity index (χ4v) is 2.88. The summed E-state index contributed by atoms with van der Waals surface area (Å²) in [4.78, 5) is 8.93. The van der Waals surface area contributed by atoms with Crippen molar-refractivity contribution >= 4 is 22.3 Å². The summed E-state index contributed by atoms with van der Waals surface area (Å²) in [5.41, 5.74) is 1.47. The van der Waals surface area contributed by atoms with Gasteiger partial charge in [0.15, 0.2) is 11.5 Å². The fraction of sp³-hybridized carbons (Fsp3) is 0.211. The van der Waals surface area contributed by atoms with Crippen molar-refractivity contribution in [3.8, 4) is 0 Å². The van der Waals surface area contributed by atoms with E-state index in [9.17, 15) is 8.78 Å². The molecule has 148 valence electrons. The molecule has 0 atom stereocenters. The van der Waals surface area contributed by atoms with Crippen molar-refractivity contribution in [3.05, 3.63) is 65.2 Å². The molecule has 0 saturated carbocycles. The van der Waals surface area contributed by atoms with Crippen LogP contribution in [0, 0.1) is 11.6 Å². The van der Waals surface area contributed by atoms with Crippen LogP contribution >= 0.6 is 0 Å². The number of fused-ring (bicyclic) bond motifs is 2. The number of halogens is 2. The van der Waals surface area contributed by atoms with Crippen LogP contribution in [0.15, 0.2) is 41.7 Å². The number of pyridine rings is 1.